The van der Waals surface area contributed by atoms with Gasteiger partial charge in [0.05, 0.1) is 14.8 Å². The molecule has 0 amide bonds. The maximum Gasteiger partial charge on any atom is 0.416 e. The smallest absolute Gasteiger partial charge is 0.275 e. The van der Waals surface area contributed by atoms with Crippen LogP contribution in [-0.4, -0.2) is 5.71 Å². The number of halogens is 5. The Morgan fingerprint density at radius 1 is 1.26 bits per heavy atom. The number of hydrogen-bond acceptors (Lipinski definition) is 4. The molecule has 98 valence electrons. The molecule has 1 aromatic carbocycles. The van der Waals surface area contributed by atoms with Gasteiger partial charge in [-0.15, -0.1) is 0 Å². The van der Waals surface area contributed by atoms with Gasteiger partial charge in [-0.3, -0.25) is 5.43 Å². The first kappa shape index (κ1) is 15.2. The van der Waals surface area contributed by atoms with Crippen LogP contribution < -0.4 is 5.43 Å². The van der Waals surface area contributed by atoms with Crippen molar-refractivity contribution in [3.05, 3.63) is 27.1 Å². The third kappa shape index (κ3) is 3.79. The predicted molar refractivity (Wildman–Crippen MR) is 66.4 cm³/mol. The number of hydrazone groups is 1. The maximum absolute atomic E-state index is 13.3. The predicted octanol–water partition coefficient (Wildman–Crippen LogP) is 3.26. The number of hydrogen-bond donors (Lipinski definition) is 1. The van der Waals surface area contributed by atoms with Crippen LogP contribution in [0.1, 0.15) is 5.56 Å². The van der Waals surface area contributed by atoms with Crippen LogP contribution in [0, 0.1) is 32.0 Å². The molecule has 0 saturated carbocycles. The average molecular weight is 382 g/mol. The number of benzene rings is 1. The van der Waals surface area contributed by atoms with Crippen LogP contribution in [0.25, 0.3) is 0 Å². The van der Waals surface area contributed by atoms with Gasteiger partial charge in [-0.1, -0.05) is 0 Å². The van der Waals surface area contributed by atoms with E-state index in [0.29, 0.717) is 12.1 Å². The highest BCUT2D eigenvalue weighted by Crippen LogP contribution is 2.34. The normalized spacial score (nSPS) is 10.3. The minimum atomic E-state index is -4.71. The lowest BCUT2D eigenvalue weighted by Gasteiger charge is -2.11. The molecule has 1 rings (SSSR count). The minimum Gasteiger partial charge on any atom is -0.275 e. The van der Waals surface area contributed by atoms with Crippen LogP contribution in [0.3, 0.4) is 0 Å². The van der Waals surface area contributed by atoms with Gasteiger partial charge in [0.2, 0.25) is 5.71 Å². The van der Waals surface area contributed by atoms with Gasteiger partial charge in [-0.05, 0) is 34.7 Å². The first-order valence-electron chi connectivity index (χ1n) is 4.49. The Kier molecular flexibility index (Phi) is 4.67. The maximum atomic E-state index is 13.3. The van der Waals surface area contributed by atoms with Crippen molar-refractivity contribution in [2.24, 2.45) is 5.10 Å². The zero-order valence-electron chi connectivity index (χ0n) is 8.89. The summed E-state index contributed by atoms with van der Waals surface area (Å²) in [6, 6.07) is 3.81. The van der Waals surface area contributed by atoms with Crippen molar-refractivity contribution in [2.75, 3.05) is 5.43 Å². The molecule has 0 aliphatic heterocycles. The van der Waals surface area contributed by atoms with E-state index in [1.54, 1.807) is 0 Å². The van der Waals surface area contributed by atoms with Crippen molar-refractivity contribution in [3.8, 4) is 12.1 Å². The monoisotopic (exact) mass is 382 g/mol. The number of rotatable bonds is 2. The molecule has 4 nitrogen and oxygen atoms in total. The third-order valence-corrected chi connectivity index (χ3v) is 2.95. The zero-order valence-corrected chi connectivity index (χ0v) is 11.0. The highest BCUT2D eigenvalue weighted by molar-refractivity contribution is 14.1. The van der Waals surface area contributed by atoms with Gasteiger partial charge < -0.3 is 0 Å². The summed E-state index contributed by atoms with van der Waals surface area (Å²) in [5, 5.41) is 20.1. The van der Waals surface area contributed by atoms with E-state index in [1.165, 1.54) is 34.7 Å². The lowest BCUT2D eigenvalue weighted by Crippen LogP contribution is -2.08. The number of nitrogens with one attached hydrogen (secondary N) is 1. The van der Waals surface area contributed by atoms with E-state index in [4.69, 9.17) is 10.5 Å². The summed E-state index contributed by atoms with van der Waals surface area (Å²) in [4.78, 5) is 0. The van der Waals surface area contributed by atoms with Gasteiger partial charge in [0.1, 0.15) is 18.0 Å². The second kappa shape index (κ2) is 5.84. The largest absolute Gasteiger partial charge is 0.416 e. The number of alkyl halides is 3. The summed E-state index contributed by atoms with van der Waals surface area (Å²) >= 11 is 1.48. The van der Waals surface area contributed by atoms with Gasteiger partial charge in [-0.25, -0.2) is 4.39 Å². The fourth-order valence-corrected chi connectivity index (χ4v) is 1.46. The van der Waals surface area contributed by atoms with Crippen LogP contribution in [0.5, 0.6) is 0 Å². The van der Waals surface area contributed by atoms with Crippen molar-refractivity contribution in [1.82, 2.24) is 0 Å². The Morgan fingerprint density at radius 2 is 1.84 bits per heavy atom. The summed E-state index contributed by atoms with van der Waals surface area (Å²) < 4.78 is 50.6. The molecular weight excluding hydrogens is 379 g/mol. The SMILES string of the molecule is N#CC(C#N)=NNc1cc(C(F)(F)F)cc(F)c1I. The van der Waals surface area contributed by atoms with E-state index >= 15 is 0 Å². The van der Waals surface area contributed by atoms with E-state index < -0.39 is 23.3 Å². The van der Waals surface area contributed by atoms with Crippen molar-refractivity contribution in [3.63, 3.8) is 0 Å². The van der Waals surface area contributed by atoms with E-state index in [0.717, 1.165) is 0 Å². The lowest BCUT2D eigenvalue weighted by atomic mass is 10.2. The van der Waals surface area contributed by atoms with Gasteiger partial charge in [-0.2, -0.15) is 28.8 Å². The first-order chi connectivity index (χ1) is 8.79. The first-order valence-corrected chi connectivity index (χ1v) is 5.57. The topological polar surface area (TPSA) is 72.0 Å². The van der Waals surface area contributed by atoms with Gasteiger partial charge in [0.25, 0.3) is 0 Å². The number of nitriles is 2. The fraction of sp³-hybridized carbons (Fsp3) is 0.100. The Bertz CT molecular complexity index is 594. The van der Waals surface area contributed by atoms with Crippen LogP contribution in [0.15, 0.2) is 17.2 Å². The molecule has 0 radical (unpaired) electrons. The Labute approximate surface area is 118 Å². The molecule has 0 heterocycles. The summed E-state index contributed by atoms with van der Waals surface area (Å²) in [6.45, 7) is 0. The Balaban J connectivity index is 3.23. The van der Waals surface area contributed by atoms with Gasteiger partial charge in [0, 0.05) is 0 Å². The van der Waals surface area contributed by atoms with Crippen LogP contribution >= 0.6 is 22.6 Å². The Morgan fingerprint density at radius 3 is 2.32 bits per heavy atom. The van der Waals surface area contributed by atoms with E-state index in [1.807, 2.05) is 0 Å². The summed E-state index contributed by atoms with van der Waals surface area (Å²) in [5.41, 5.74) is -0.00289. The highest BCUT2D eigenvalue weighted by atomic mass is 127. The third-order valence-electron chi connectivity index (χ3n) is 1.86. The van der Waals surface area contributed by atoms with Gasteiger partial charge >= 0.3 is 6.18 Å². The highest BCUT2D eigenvalue weighted by Gasteiger charge is 2.32. The lowest BCUT2D eigenvalue weighted by molar-refractivity contribution is -0.137. The summed E-state index contributed by atoms with van der Waals surface area (Å²) in [6.07, 6.45) is -4.71. The molecule has 0 aliphatic carbocycles. The molecule has 0 aromatic heterocycles. The molecule has 0 saturated heterocycles. The molecule has 1 N–H and O–H groups in total. The molecule has 9 heteroatoms. The summed E-state index contributed by atoms with van der Waals surface area (Å²) in [7, 11) is 0. The molecule has 0 unspecified atom stereocenters. The molecule has 0 atom stereocenters. The van der Waals surface area contributed by atoms with Crippen molar-refractivity contribution < 1.29 is 17.6 Å². The average Bonchev–Trinajstić information content (AvgIpc) is 2.33. The van der Waals surface area contributed by atoms with Crippen LogP contribution in [0.4, 0.5) is 23.2 Å². The molecule has 19 heavy (non-hydrogen) atoms. The molecule has 0 spiro atoms. The summed E-state index contributed by atoms with van der Waals surface area (Å²) in [5.74, 6) is -1.08. The molecule has 0 fully saturated rings. The van der Waals surface area contributed by atoms with E-state index in [9.17, 15) is 17.6 Å². The van der Waals surface area contributed by atoms with Crippen molar-refractivity contribution in [2.45, 2.75) is 6.18 Å². The zero-order chi connectivity index (χ0) is 14.6. The molecule has 1 aromatic rings. The Hall–Kier alpha value is -1.88. The second-order valence-electron chi connectivity index (χ2n) is 3.11. The number of anilines is 1. The van der Waals surface area contributed by atoms with Crippen molar-refractivity contribution >= 4 is 34.0 Å². The minimum absolute atomic E-state index is 0.135. The van der Waals surface area contributed by atoms with Crippen LogP contribution in [-0.2, 0) is 6.18 Å². The second-order valence-corrected chi connectivity index (χ2v) is 4.19. The molecule has 0 aliphatic rings. The number of nitrogens with zero attached hydrogens (tertiary/aromatic N) is 3. The standard InChI is InChI=1S/C10H3F4IN4/c11-7-1-5(10(12,13)14)2-8(9(7)15)19-18-6(3-16)4-17/h1-2,19H. The quantitative estimate of drug-likeness (QED) is 0.370. The van der Waals surface area contributed by atoms with Gasteiger partial charge in [0.15, 0.2) is 0 Å². The molecule has 0 bridgehead atoms. The van der Waals surface area contributed by atoms with Crippen molar-refractivity contribution in [1.29, 1.82) is 10.5 Å². The fourth-order valence-electron chi connectivity index (χ4n) is 1.03. The van der Waals surface area contributed by atoms with E-state index in [2.05, 4.69) is 10.5 Å². The molecular formula is C10H3F4IN4. The van der Waals surface area contributed by atoms with E-state index in [-0.39, 0.29) is 9.26 Å². The van der Waals surface area contributed by atoms with Crippen LogP contribution in [0.2, 0.25) is 0 Å².